The number of nitrogens with zero attached hydrogens (tertiary/aromatic N) is 2. The molecule has 30 heavy (non-hydrogen) atoms. The molecule has 1 heterocycles. The van der Waals surface area contributed by atoms with Crippen LogP contribution in [0.4, 0.5) is 11.4 Å². The average Bonchev–Trinajstić information content (AvgIpc) is 2.77. The normalized spacial score (nSPS) is 14.2. The first-order valence-electron chi connectivity index (χ1n) is 10.1. The van der Waals surface area contributed by atoms with Gasteiger partial charge in [-0.1, -0.05) is 38.1 Å². The molecule has 0 unspecified atom stereocenters. The summed E-state index contributed by atoms with van der Waals surface area (Å²) in [6.45, 7) is 4.52. The Kier molecular flexibility index (Phi) is 7.30. The fraction of sp³-hybridized carbons (Fsp3) is 0.292. The van der Waals surface area contributed by atoms with Gasteiger partial charge in [0.1, 0.15) is 5.78 Å². The van der Waals surface area contributed by atoms with Crippen molar-refractivity contribution >= 4 is 24.0 Å². The van der Waals surface area contributed by atoms with Crippen molar-refractivity contribution in [3.63, 3.8) is 0 Å². The molecular weight excluding hydrogens is 393 g/mol. The minimum Gasteiger partial charge on any atom is -0.378 e. The average molecular weight is 423 g/mol. The SMILES string of the molecule is CC(C)CO[P@](=O)(c1ccc(N(C)C)cc1)[C@@H](Nc1ccccc1)c1cccnc1. The number of aromatic nitrogens is 1. The molecule has 0 radical (unpaired) electrons. The van der Waals surface area contributed by atoms with Crippen molar-refractivity contribution in [3.8, 4) is 0 Å². The molecule has 3 aromatic rings. The molecule has 0 fully saturated rings. The van der Waals surface area contributed by atoms with Gasteiger partial charge in [0.15, 0.2) is 0 Å². The summed E-state index contributed by atoms with van der Waals surface area (Å²) in [6.07, 6.45) is 3.47. The van der Waals surface area contributed by atoms with Crippen LogP contribution in [0.5, 0.6) is 0 Å². The number of para-hydroxylation sites is 1. The Morgan fingerprint density at radius 3 is 2.27 bits per heavy atom. The topological polar surface area (TPSA) is 54.5 Å². The summed E-state index contributed by atoms with van der Waals surface area (Å²) < 4.78 is 20.8. The number of rotatable bonds is 9. The summed E-state index contributed by atoms with van der Waals surface area (Å²) in [5.41, 5.74) is 2.75. The molecule has 0 amide bonds. The lowest BCUT2D eigenvalue weighted by atomic mass is 10.2. The van der Waals surface area contributed by atoms with Crippen LogP contribution in [0.3, 0.4) is 0 Å². The second kappa shape index (κ2) is 9.92. The summed E-state index contributed by atoms with van der Waals surface area (Å²) in [5.74, 6) is -0.303. The third-order valence-corrected chi connectivity index (χ3v) is 7.40. The Balaban J connectivity index is 2.09. The first-order chi connectivity index (χ1) is 14.4. The summed E-state index contributed by atoms with van der Waals surface area (Å²) >= 11 is 0. The molecule has 2 atom stereocenters. The number of nitrogens with one attached hydrogen (secondary N) is 1. The largest absolute Gasteiger partial charge is 0.378 e. The lowest BCUT2D eigenvalue weighted by Crippen LogP contribution is -2.22. The van der Waals surface area contributed by atoms with Gasteiger partial charge < -0.3 is 14.7 Å². The summed E-state index contributed by atoms with van der Waals surface area (Å²) in [4.78, 5) is 6.28. The van der Waals surface area contributed by atoms with Gasteiger partial charge in [-0.15, -0.1) is 0 Å². The number of hydrogen-bond donors (Lipinski definition) is 1. The Morgan fingerprint density at radius 2 is 1.70 bits per heavy atom. The van der Waals surface area contributed by atoms with Gasteiger partial charge in [-0.05, 0) is 48.4 Å². The Bertz CT molecular complexity index is 961. The predicted molar refractivity (Wildman–Crippen MR) is 126 cm³/mol. The van der Waals surface area contributed by atoms with Crippen LogP contribution < -0.4 is 15.5 Å². The van der Waals surface area contributed by atoms with Crippen LogP contribution in [-0.4, -0.2) is 25.7 Å². The highest BCUT2D eigenvalue weighted by Gasteiger charge is 2.38. The molecule has 0 bridgehead atoms. The predicted octanol–water partition coefficient (Wildman–Crippen LogP) is 5.53. The molecule has 2 aromatic carbocycles. The van der Waals surface area contributed by atoms with E-state index < -0.39 is 13.2 Å². The molecule has 0 saturated carbocycles. The van der Waals surface area contributed by atoms with E-state index in [1.807, 2.05) is 85.7 Å². The van der Waals surface area contributed by atoms with Crippen molar-refractivity contribution in [2.24, 2.45) is 5.92 Å². The molecule has 6 heteroatoms. The van der Waals surface area contributed by atoms with E-state index >= 15 is 0 Å². The second-order valence-corrected chi connectivity index (χ2v) is 10.4. The number of benzene rings is 2. The van der Waals surface area contributed by atoms with Gasteiger partial charge in [-0.2, -0.15) is 0 Å². The van der Waals surface area contributed by atoms with E-state index in [0.29, 0.717) is 11.9 Å². The maximum Gasteiger partial charge on any atom is 0.258 e. The molecule has 5 nitrogen and oxygen atoms in total. The molecule has 1 N–H and O–H groups in total. The first kappa shape index (κ1) is 22.1. The van der Waals surface area contributed by atoms with Gasteiger partial charge in [-0.25, -0.2) is 0 Å². The second-order valence-electron chi connectivity index (χ2n) is 7.90. The van der Waals surface area contributed by atoms with Crippen molar-refractivity contribution in [2.45, 2.75) is 19.6 Å². The van der Waals surface area contributed by atoms with Crippen LogP contribution >= 0.6 is 7.37 Å². The van der Waals surface area contributed by atoms with E-state index in [-0.39, 0.29) is 5.92 Å². The van der Waals surface area contributed by atoms with E-state index in [4.69, 9.17) is 4.52 Å². The molecule has 0 aliphatic carbocycles. The number of anilines is 2. The van der Waals surface area contributed by atoms with Gasteiger partial charge >= 0.3 is 0 Å². The smallest absolute Gasteiger partial charge is 0.258 e. The zero-order valence-corrected chi connectivity index (χ0v) is 18.9. The number of hydrogen-bond acceptors (Lipinski definition) is 5. The van der Waals surface area contributed by atoms with Crippen LogP contribution in [0.25, 0.3) is 0 Å². The standard InChI is InChI=1S/C24H30N3O2P/c1-19(2)18-29-30(28,23-14-12-22(13-15-23)27(3)4)24(20-9-8-16-25-17-20)26-21-10-6-5-7-11-21/h5-17,19,24,26H,18H2,1-4H3/t24-,30-/m1/s1. The van der Waals surface area contributed by atoms with Gasteiger partial charge in [0.05, 0.1) is 6.61 Å². The van der Waals surface area contributed by atoms with Crippen molar-refractivity contribution in [1.29, 1.82) is 0 Å². The zero-order valence-electron chi connectivity index (χ0n) is 18.0. The lowest BCUT2D eigenvalue weighted by molar-refractivity contribution is 0.272. The van der Waals surface area contributed by atoms with E-state index in [2.05, 4.69) is 24.1 Å². The summed E-state index contributed by atoms with van der Waals surface area (Å²) in [5, 5.41) is 4.14. The lowest BCUT2D eigenvalue weighted by Gasteiger charge is -2.30. The maximum atomic E-state index is 14.6. The molecule has 0 aliphatic rings. The van der Waals surface area contributed by atoms with E-state index in [9.17, 15) is 4.57 Å². The van der Waals surface area contributed by atoms with Gasteiger partial charge in [0.2, 0.25) is 0 Å². The third kappa shape index (κ3) is 5.29. The van der Waals surface area contributed by atoms with E-state index in [1.54, 1.807) is 12.4 Å². The maximum absolute atomic E-state index is 14.6. The van der Waals surface area contributed by atoms with E-state index in [1.165, 1.54) is 0 Å². The molecule has 0 aliphatic heterocycles. The minimum absolute atomic E-state index is 0.255. The molecule has 3 rings (SSSR count). The molecule has 158 valence electrons. The quantitative estimate of drug-likeness (QED) is 0.458. The van der Waals surface area contributed by atoms with Crippen molar-refractivity contribution in [1.82, 2.24) is 4.98 Å². The van der Waals surface area contributed by atoms with Crippen LogP contribution in [0.2, 0.25) is 0 Å². The molecule has 1 aromatic heterocycles. The van der Waals surface area contributed by atoms with Crippen molar-refractivity contribution < 1.29 is 9.09 Å². The highest BCUT2D eigenvalue weighted by atomic mass is 31.2. The molecule has 0 spiro atoms. The Labute approximate surface area is 179 Å². The fourth-order valence-electron chi connectivity index (χ4n) is 3.11. The Morgan fingerprint density at radius 1 is 1.00 bits per heavy atom. The van der Waals surface area contributed by atoms with Crippen LogP contribution in [0.15, 0.2) is 79.1 Å². The summed E-state index contributed by atoms with van der Waals surface area (Å²) in [6, 6.07) is 21.4. The van der Waals surface area contributed by atoms with Gasteiger partial charge in [0, 0.05) is 48.7 Å². The monoisotopic (exact) mass is 423 g/mol. The molecule has 0 saturated heterocycles. The third-order valence-electron chi connectivity index (χ3n) is 4.74. The highest BCUT2D eigenvalue weighted by Crippen LogP contribution is 2.59. The first-order valence-corrected chi connectivity index (χ1v) is 11.8. The van der Waals surface area contributed by atoms with Crippen LogP contribution in [-0.2, 0) is 9.09 Å². The van der Waals surface area contributed by atoms with Gasteiger partial charge in [-0.3, -0.25) is 9.55 Å². The zero-order chi connectivity index (χ0) is 21.6. The Hall–Kier alpha value is -2.62. The fourth-order valence-corrected chi connectivity index (χ4v) is 5.66. The highest BCUT2D eigenvalue weighted by molar-refractivity contribution is 7.67. The van der Waals surface area contributed by atoms with Gasteiger partial charge in [0.25, 0.3) is 7.37 Å². The number of pyridine rings is 1. The molecular formula is C24H30N3O2P. The summed E-state index contributed by atoms with van der Waals surface area (Å²) in [7, 11) is 0.628. The van der Waals surface area contributed by atoms with Crippen LogP contribution in [0.1, 0.15) is 25.2 Å². The minimum atomic E-state index is -3.34. The van der Waals surface area contributed by atoms with Crippen molar-refractivity contribution in [2.75, 3.05) is 30.9 Å². The van der Waals surface area contributed by atoms with Crippen molar-refractivity contribution in [3.05, 3.63) is 84.7 Å². The van der Waals surface area contributed by atoms with Crippen LogP contribution in [0, 0.1) is 5.92 Å². The van der Waals surface area contributed by atoms with E-state index in [0.717, 1.165) is 16.9 Å².